The molecule has 0 spiro atoms. The molecule has 0 bridgehead atoms. The van der Waals surface area contributed by atoms with Crippen molar-refractivity contribution >= 4 is 15.8 Å². The highest BCUT2D eigenvalue weighted by atomic mass is 32.2. The Kier molecular flexibility index (Phi) is 5.70. The number of carbonyl (C=O) groups is 1. The molecule has 1 unspecified atom stereocenters. The van der Waals surface area contributed by atoms with Crippen molar-refractivity contribution in [2.24, 2.45) is 12.2 Å². The summed E-state index contributed by atoms with van der Waals surface area (Å²) >= 11 is 0. The van der Waals surface area contributed by atoms with Gasteiger partial charge in [-0.25, -0.2) is 17.9 Å². The van der Waals surface area contributed by atoms with E-state index in [1.807, 2.05) is 0 Å². The van der Waals surface area contributed by atoms with E-state index in [2.05, 4.69) is 0 Å². The van der Waals surface area contributed by atoms with Crippen LogP contribution in [0.3, 0.4) is 0 Å². The zero-order chi connectivity index (χ0) is 21.2. The Labute approximate surface area is 168 Å². The second kappa shape index (κ2) is 7.90. The van der Waals surface area contributed by atoms with Gasteiger partial charge in [0.2, 0.25) is 15.8 Å². The molecule has 0 saturated heterocycles. The highest BCUT2D eigenvalue weighted by molar-refractivity contribution is 7.89. The Morgan fingerprint density at radius 2 is 1.69 bits per heavy atom. The second-order valence-electron chi connectivity index (χ2n) is 6.96. The molecular formula is C21H21FN2O4S. The third-order valence-corrected chi connectivity index (χ3v) is 5.68. The summed E-state index contributed by atoms with van der Waals surface area (Å²) in [7, 11) is -2.39. The van der Waals surface area contributed by atoms with E-state index in [4.69, 9.17) is 5.14 Å². The number of hydrogen-bond donors (Lipinski definition) is 2. The summed E-state index contributed by atoms with van der Waals surface area (Å²) in [5, 5.41) is 16.4. The minimum absolute atomic E-state index is 0.0666. The maximum absolute atomic E-state index is 14.0. The van der Waals surface area contributed by atoms with Gasteiger partial charge in [0.1, 0.15) is 11.4 Å². The zero-order valence-corrected chi connectivity index (χ0v) is 16.6. The van der Waals surface area contributed by atoms with Crippen LogP contribution in [-0.4, -0.2) is 29.6 Å². The summed E-state index contributed by atoms with van der Waals surface area (Å²) in [6, 6.07) is 17.1. The van der Waals surface area contributed by atoms with E-state index in [1.165, 1.54) is 28.8 Å². The zero-order valence-electron chi connectivity index (χ0n) is 15.7. The van der Waals surface area contributed by atoms with Crippen molar-refractivity contribution in [2.75, 3.05) is 5.75 Å². The van der Waals surface area contributed by atoms with E-state index in [9.17, 15) is 22.7 Å². The lowest BCUT2D eigenvalue weighted by Gasteiger charge is -2.28. The number of sulfonamides is 1. The van der Waals surface area contributed by atoms with Crippen molar-refractivity contribution in [3.8, 4) is 0 Å². The van der Waals surface area contributed by atoms with Gasteiger partial charge in [0.05, 0.1) is 17.0 Å². The van der Waals surface area contributed by atoms with Crippen molar-refractivity contribution in [1.29, 1.82) is 0 Å². The Bertz CT molecular complexity index is 1140. The Balaban J connectivity index is 1.98. The van der Waals surface area contributed by atoms with Crippen molar-refractivity contribution in [1.82, 2.24) is 4.57 Å². The number of ketones is 1. The van der Waals surface area contributed by atoms with Crippen LogP contribution in [0.25, 0.3) is 0 Å². The van der Waals surface area contributed by atoms with Crippen molar-refractivity contribution < 1.29 is 22.7 Å². The number of aromatic nitrogens is 1. The third-order valence-electron chi connectivity index (χ3n) is 4.80. The number of carbonyl (C=O) groups excluding carboxylic acids is 1. The lowest BCUT2D eigenvalue weighted by atomic mass is 9.91. The number of nitrogens with two attached hydrogens (primary N) is 1. The number of aliphatic hydroxyl groups is 1. The normalized spacial score (nSPS) is 13.8. The molecule has 0 radical (unpaired) electrons. The molecule has 6 nitrogen and oxygen atoms in total. The molecule has 1 aromatic heterocycles. The van der Waals surface area contributed by atoms with Crippen LogP contribution in [0.5, 0.6) is 0 Å². The fourth-order valence-electron chi connectivity index (χ4n) is 3.36. The first-order chi connectivity index (χ1) is 13.6. The molecule has 0 fully saturated rings. The Morgan fingerprint density at radius 1 is 1.07 bits per heavy atom. The van der Waals surface area contributed by atoms with E-state index >= 15 is 0 Å². The summed E-state index contributed by atoms with van der Waals surface area (Å²) < 4.78 is 39.0. The molecule has 8 heteroatoms. The van der Waals surface area contributed by atoms with Crippen LogP contribution in [0.15, 0.2) is 66.7 Å². The smallest absolute Gasteiger partial charge is 0.212 e. The molecule has 29 heavy (non-hydrogen) atoms. The molecule has 0 amide bonds. The molecule has 3 rings (SSSR count). The third kappa shape index (κ3) is 4.61. The summed E-state index contributed by atoms with van der Waals surface area (Å²) in [6.45, 7) is 0. The van der Waals surface area contributed by atoms with Gasteiger partial charge >= 0.3 is 0 Å². The van der Waals surface area contributed by atoms with Gasteiger partial charge in [0.15, 0.2) is 0 Å². The Hall–Kier alpha value is -2.81. The van der Waals surface area contributed by atoms with Crippen molar-refractivity contribution in [2.45, 2.75) is 12.0 Å². The Morgan fingerprint density at radius 3 is 2.31 bits per heavy atom. The monoisotopic (exact) mass is 416 g/mol. The number of halogens is 1. The molecule has 0 aliphatic rings. The molecule has 1 heterocycles. The average molecular weight is 416 g/mol. The quantitative estimate of drug-likeness (QED) is 0.576. The largest absolute Gasteiger partial charge is 0.384 e. The molecule has 152 valence electrons. The molecule has 2 aromatic carbocycles. The fourth-order valence-corrected chi connectivity index (χ4v) is 4.29. The number of rotatable bonds is 7. The molecule has 0 aliphatic carbocycles. The van der Waals surface area contributed by atoms with E-state index in [-0.39, 0.29) is 17.7 Å². The number of hydrogen-bond acceptors (Lipinski definition) is 4. The van der Waals surface area contributed by atoms with Gasteiger partial charge in [0, 0.05) is 19.2 Å². The predicted molar refractivity (Wildman–Crippen MR) is 107 cm³/mol. The maximum atomic E-state index is 14.0. The minimum Gasteiger partial charge on any atom is -0.384 e. The van der Waals surface area contributed by atoms with E-state index in [0.29, 0.717) is 11.3 Å². The van der Waals surface area contributed by atoms with Gasteiger partial charge in [-0.3, -0.25) is 4.79 Å². The van der Waals surface area contributed by atoms with Crippen LogP contribution in [0.1, 0.15) is 27.3 Å². The highest BCUT2D eigenvalue weighted by Crippen LogP contribution is 2.28. The van der Waals surface area contributed by atoms with Gasteiger partial charge < -0.3 is 9.67 Å². The summed E-state index contributed by atoms with van der Waals surface area (Å²) in [4.78, 5) is 12.7. The van der Waals surface area contributed by atoms with Gasteiger partial charge in [-0.1, -0.05) is 42.5 Å². The van der Waals surface area contributed by atoms with Gasteiger partial charge in [0.25, 0.3) is 0 Å². The number of primary sulfonamides is 1. The first-order valence-corrected chi connectivity index (χ1v) is 10.5. The standard InChI is InChI=1S/C21H21FN2O4S/c1-24-16(11-12-19(24)20(25)17-9-5-6-10-18(17)22)13-21(26,14-29(23,27)28)15-7-3-2-4-8-15/h2-12,26H,13-14H2,1H3,(H2,23,27,28). The van der Waals surface area contributed by atoms with E-state index in [0.717, 1.165) is 0 Å². The number of benzene rings is 2. The molecule has 0 saturated carbocycles. The van der Waals surface area contributed by atoms with Gasteiger partial charge in [-0.05, 0) is 29.8 Å². The maximum Gasteiger partial charge on any atom is 0.212 e. The van der Waals surface area contributed by atoms with E-state index < -0.39 is 33.0 Å². The van der Waals surface area contributed by atoms with Crippen LogP contribution in [-0.2, 0) is 29.1 Å². The molecular weight excluding hydrogens is 395 g/mol. The highest BCUT2D eigenvalue weighted by Gasteiger charge is 2.35. The van der Waals surface area contributed by atoms with Crippen LogP contribution in [0.4, 0.5) is 4.39 Å². The van der Waals surface area contributed by atoms with Crippen LogP contribution in [0.2, 0.25) is 0 Å². The summed E-state index contributed by atoms with van der Waals surface area (Å²) in [6.07, 6.45) is -0.103. The first-order valence-electron chi connectivity index (χ1n) is 8.83. The van der Waals surface area contributed by atoms with Gasteiger partial charge in [-0.2, -0.15) is 0 Å². The second-order valence-corrected chi connectivity index (χ2v) is 8.57. The van der Waals surface area contributed by atoms with Crippen LogP contribution < -0.4 is 5.14 Å². The molecule has 3 aromatic rings. The lowest BCUT2D eigenvalue weighted by molar-refractivity contribution is 0.0592. The minimum atomic E-state index is -4.00. The summed E-state index contributed by atoms with van der Waals surface area (Å²) in [5.41, 5.74) is -0.754. The molecule has 0 aliphatic heterocycles. The SMILES string of the molecule is Cn1c(CC(O)(CS(N)(=O)=O)c2ccccc2)ccc1C(=O)c1ccccc1F. The van der Waals surface area contributed by atoms with Crippen molar-refractivity contribution in [3.63, 3.8) is 0 Å². The summed E-state index contributed by atoms with van der Waals surface area (Å²) in [5.74, 6) is -1.83. The van der Waals surface area contributed by atoms with E-state index in [1.54, 1.807) is 49.5 Å². The van der Waals surface area contributed by atoms with Crippen LogP contribution >= 0.6 is 0 Å². The molecule has 1 atom stereocenters. The van der Waals surface area contributed by atoms with Crippen molar-refractivity contribution in [3.05, 3.63) is 95.1 Å². The average Bonchev–Trinajstić information content (AvgIpc) is 3.01. The predicted octanol–water partition coefficient (Wildman–Crippen LogP) is 2.11. The van der Waals surface area contributed by atoms with Crippen LogP contribution in [0, 0.1) is 5.82 Å². The first kappa shape index (κ1) is 20.9. The topological polar surface area (TPSA) is 102 Å². The molecule has 3 N–H and O–H groups in total. The van der Waals surface area contributed by atoms with Gasteiger partial charge in [-0.15, -0.1) is 0 Å². The number of nitrogens with zero attached hydrogens (tertiary/aromatic N) is 1. The lowest BCUT2D eigenvalue weighted by Crippen LogP contribution is -2.39. The fraction of sp³-hybridized carbons (Fsp3) is 0.190.